The molecule has 0 fully saturated rings. The van der Waals surface area contributed by atoms with Crippen molar-refractivity contribution < 1.29 is 32.2 Å². The highest BCUT2D eigenvalue weighted by molar-refractivity contribution is 5.78. The molecule has 27 heavy (non-hydrogen) atoms. The number of alkyl halides is 3. The first-order chi connectivity index (χ1) is 12.7. The van der Waals surface area contributed by atoms with Gasteiger partial charge < -0.3 is 14.2 Å². The van der Waals surface area contributed by atoms with E-state index in [1.807, 2.05) is 0 Å². The van der Waals surface area contributed by atoms with Crippen LogP contribution in [0.15, 0.2) is 36.4 Å². The van der Waals surface area contributed by atoms with E-state index in [1.165, 1.54) is 7.11 Å². The van der Waals surface area contributed by atoms with Gasteiger partial charge in [0, 0.05) is 6.07 Å². The monoisotopic (exact) mass is 384 g/mol. The summed E-state index contributed by atoms with van der Waals surface area (Å²) in [5, 5.41) is 0. The Morgan fingerprint density at radius 2 is 1.81 bits per heavy atom. The zero-order valence-electron chi connectivity index (χ0n) is 15.0. The molecule has 2 rings (SSSR count). The third-order valence-corrected chi connectivity index (χ3v) is 3.40. The highest BCUT2D eigenvalue weighted by Crippen LogP contribution is 2.31. The number of ether oxygens (including phenoxy) is 3. The van der Waals surface area contributed by atoms with Gasteiger partial charge in [-0.05, 0) is 19.4 Å². The van der Waals surface area contributed by atoms with Crippen molar-refractivity contribution in [3.8, 4) is 11.9 Å². The van der Waals surface area contributed by atoms with Gasteiger partial charge >= 0.3 is 18.2 Å². The van der Waals surface area contributed by atoms with Gasteiger partial charge in [-0.15, -0.1) is 0 Å². The van der Waals surface area contributed by atoms with Gasteiger partial charge in [-0.25, -0.2) is 0 Å². The van der Waals surface area contributed by atoms with Crippen LogP contribution in [0.2, 0.25) is 0 Å². The van der Waals surface area contributed by atoms with Gasteiger partial charge in [0.25, 0.3) is 0 Å². The molecule has 1 aromatic carbocycles. The number of halogens is 3. The van der Waals surface area contributed by atoms with Crippen LogP contribution in [0.1, 0.15) is 31.0 Å². The summed E-state index contributed by atoms with van der Waals surface area (Å²) in [6, 6.07) is 8.82. The Hall–Kier alpha value is -2.84. The molecule has 0 aliphatic rings. The largest absolute Gasteiger partial charge is 0.476 e. The average Bonchev–Trinajstić information content (AvgIpc) is 2.61. The lowest BCUT2D eigenvalue weighted by Gasteiger charge is -2.17. The summed E-state index contributed by atoms with van der Waals surface area (Å²) >= 11 is 0. The van der Waals surface area contributed by atoms with Crippen LogP contribution in [0.3, 0.4) is 0 Å². The highest BCUT2D eigenvalue weighted by Gasteiger charge is 2.34. The minimum absolute atomic E-state index is 0.258. The predicted molar refractivity (Wildman–Crippen MR) is 89.5 cm³/mol. The molecule has 0 aliphatic carbocycles. The van der Waals surface area contributed by atoms with Crippen LogP contribution in [0.25, 0.3) is 0 Å². The Bertz CT molecular complexity index is 767. The summed E-state index contributed by atoms with van der Waals surface area (Å²) in [7, 11) is 1.22. The van der Waals surface area contributed by atoms with Crippen LogP contribution in [0.5, 0.6) is 11.9 Å². The lowest BCUT2D eigenvalue weighted by molar-refractivity contribution is -0.144. The molecule has 0 radical (unpaired) electrons. The zero-order chi connectivity index (χ0) is 20.0. The Morgan fingerprint density at radius 3 is 2.37 bits per heavy atom. The van der Waals surface area contributed by atoms with Crippen molar-refractivity contribution in [2.75, 3.05) is 13.7 Å². The van der Waals surface area contributed by atoms with E-state index in [1.54, 1.807) is 44.2 Å². The van der Waals surface area contributed by atoms with Gasteiger partial charge in [-0.2, -0.15) is 23.1 Å². The van der Waals surface area contributed by atoms with Crippen LogP contribution in [0, 0.1) is 0 Å². The standard InChI is InChI=1S/C18H19F3N2O4/c1-11(2)27-17-22-14(18(19,20)21)9-15(23-17)26-10-13(16(24)25-3)12-7-5-4-6-8-12/h4-9,11,13H,10H2,1-3H3. The van der Waals surface area contributed by atoms with Crippen molar-refractivity contribution >= 4 is 5.97 Å². The topological polar surface area (TPSA) is 70.5 Å². The van der Waals surface area contributed by atoms with Crippen molar-refractivity contribution in [1.29, 1.82) is 0 Å². The predicted octanol–water partition coefficient (Wildman–Crippen LogP) is 3.62. The van der Waals surface area contributed by atoms with Gasteiger partial charge in [0.05, 0.1) is 13.2 Å². The number of carbonyl (C=O) groups is 1. The molecule has 0 saturated carbocycles. The molecular formula is C18H19F3N2O4. The number of aromatic nitrogens is 2. The molecular weight excluding hydrogens is 365 g/mol. The summed E-state index contributed by atoms with van der Waals surface area (Å²) in [6.45, 7) is 3.01. The van der Waals surface area contributed by atoms with Crippen LogP contribution in [-0.2, 0) is 15.7 Å². The third kappa shape index (κ3) is 5.83. The van der Waals surface area contributed by atoms with Crippen LogP contribution in [-0.4, -0.2) is 35.8 Å². The van der Waals surface area contributed by atoms with E-state index in [2.05, 4.69) is 9.97 Å². The summed E-state index contributed by atoms with van der Waals surface area (Å²) in [4.78, 5) is 19.2. The number of hydrogen-bond donors (Lipinski definition) is 0. The van der Waals surface area contributed by atoms with Crippen molar-refractivity contribution in [3.63, 3.8) is 0 Å². The lowest BCUT2D eigenvalue weighted by Crippen LogP contribution is -2.22. The van der Waals surface area contributed by atoms with E-state index in [4.69, 9.17) is 14.2 Å². The molecule has 1 atom stereocenters. The lowest BCUT2D eigenvalue weighted by atomic mass is 10.0. The normalized spacial score (nSPS) is 12.6. The summed E-state index contributed by atoms with van der Waals surface area (Å²) in [5.74, 6) is -1.75. The number of benzene rings is 1. The average molecular weight is 384 g/mol. The maximum atomic E-state index is 13.1. The highest BCUT2D eigenvalue weighted by atomic mass is 19.4. The van der Waals surface area contributed by atoms with Gasteiger partial charge in [0.1, 0.15) is 12.5 Å². The van der Waals surface area contributed by atoms with E-state index in [9.17, 15) is 18.0 Å². The maximum absolute atomic E-state index is 13.1. The van der Waals surface area contributed by atoms with E-state index in [-0.39, 0.29) is 12.5 Å². The Balaban J connectivity index is 2.27. The number of nitrogens with zero attached hydrogens (tertiary/aromatic N) is 2. The second kappa shape index (κ2) is 8.70. The summed E-state index contributed by atoms with van der Waals surface area (Å²) < 4.78 is 54.5. The fourth-order valence-corrected chi connectivity index (χ4v) is 2.18. The first kappa shape index (κ1) is 20.5. The molecule has 0 saturated heterocycles. The number of esters is 1. The number of methoxy groups -OCH3 is 1. The van der Waals surface area contributed by atoms with Crippen molar-refractivity contribution in [1.82, 2.24) is 9.97 Å². The fourth-order valence-electron chi connectivity index (χ4n) is 2.18. The number of rotatable bonds is 7. The third-order valence-electron chi connectivity index (χ3n) is 3.40. The Morgan fingerprint density at radius 1 is 1.15 bits per heavy atom. The van der Waals surface area contributed by atoms with Crippen molar-refractivity contribution in [3.05, 3.63) is 47.7 Å². The summed E-state index contributed by atoms with van der Waals surface area (Å²) in [6.07, 6.45) is -5.12. The van der Waals surface area contributed by atoms with Crippen molar-refractivity contribution in [2.45, 2.75) is 32.0 Å². The van der Waals surface area contributed by atoms with E-state index in [0.29, 0.717) is 11.6 Å². The molecule has 2 aromatic rings. The van der Waals surface area contributed by atoms with Crippen molar-refractivity contribution in [2.24, 2.45) is 0 Å². The number of carbonyl (C=O) groups excluding carboxylic acids is 1. The molecule has 0 N–H and O–H groups in total. The van der Waals surface area contributed by atoms with E-state index < -0.39 is 35.9 Å². The van der Waals surface area contributed by atoms with E-state index in [0.717, 1.165) is 0 Å². The molecule has 0 aliphatic heterocycles. The van der Waals surface area contributed by atoms with E-state index >= 15 is 0 Å². The molecule has 1 unspecified atom stereocenters. The number of hydrogen-bond acceptors (Lipinski definition) is 6. The Kier molecular flexibility index (Phi) is 6.59. The zero-order valence-corrected chi connectivity index (χ0v) is 15.0. The summed E-state index contributed by atoms with van der Waals surface area (Å²) in [5.41, 5.74) is -0.592. The van der Waals surface area contributed by atoms with Crippen LogP contribution >= 0.6 is 0 Å². The minimum Gasteiger partial charge on any atom is -0.476 e. The molecule has 0 amide bonds. The fraction of sp³-hybridized carbons (Fsp3) is 0.389. The smallest absolute Gasteiger partial charge is 0.433 e. The second-order valence-electron chi connectivity index (χ2n) is 5.84. The quantitative estimate of drug-likeness (QED) is 0.679. The van der Waals surface area contributed by atoms with Crippen LogP contribution < -0.4 is 9.47 Å². The first-order valence-corrected chi connectivity index (χ1v) is 8.09. The molecule has 6 nitrogen and oxygen atoms in total. The molecule has 1 aromatic heterocycles. The Labute approximate surface area is 154 Å². The molecule has 9 heteroatoms. The minimum atomic E-state index is -4.70. The van der Waals surface area contributed by atoms with Gasteiger partial charge in [0.15, 0.2) is 5.69 Å². The SMILES string of the molecule is COC(=O)C(COc1cc(C(F)(F)F)nc(OC(C)C)n1)c1ccccc1. The molecule has 0 bridgehead atoms. The second-order valence-corrected chi connectivity index (χ2v) is 5.84. The first-order valence-electron chi connectivity index (χ1n) is 8.09. The maximum Gasteiger partial charge on any atom is 0.433 e. The van der Waals surface area contributed by atoms with Crippen LogP contribution in [0.4, 0.5) is 13.2 Å². The molecule has 1 heterocycles. The van der Waals surface area contributed by atoms with Gasteiger partial charge in [0.2, 0.25) is 5.88 Å². The molecule has 146 valence electrons. The van der Waals surface area contributed by atoms with Gasteiger partial charge in [-0.1, -0.05) is 30.3 Å². The molecule has 0 spiro atoms. The van der Waals surface area contributed by atoms with Gasteiger partial charge in [-0.3, -0.25) is 4.79 Å².